The van der Waals surface area contributed by atoms with Gasteiger partial charge in [0, 0.05) is 11.4 Å². The first-order valence-corrected chi connectivity index (χ1v) is 9.70. The van der Waals surface area contributed by atoms with Crippen LogP contribution in [0.3, 0.4) is 0 Å². The highest BCUT2D eigenvalue weighted by molar-refractivity contribution is 5.91. The predicted molar refractivity (Wildman–Crippen MR) is 118 cm³/mol. The molecule has 0 bridgehead atoms. The third kappa shape index (κ3) is 5.47. The molecule has 4 N–H and O–H groups in total. The van der Waals surface area contributed by atoms with Gasteiger partial charge < -0.3 is 25.8 Å². The van der Waals surface area contributed by atoms with Gasteiger partial charge in [-0.25, -0.2) is 19.6 Å². The van der Waals surface area contributed by atoms with Gasteiger partial charge in [-0.05, 0) is 62.4 Å². The molecule has 0 aliphatic rings. The largest absolute Gasteiger partial charge is 0.462 e. The summed E-state index contributed by atoms with van der Waals surface area (Å²) in [6.45, 7) is 4.15. The normalized spacial score (nSPS) is 10.3. The number of carbonyl (C=O) groups is 2. The molecule has 9 nitrogen and oxygen atoms in total. The van der Waals surface area contributed by atoms with Gasteiger partial charge in [0.15, 0.2) is 11.6 Å². The fraction of sp³-hybridized carbons (Fsp3) is 0.182. The van der Waals surface area contributed by atoms with Gasteiger partial charge in [-0.1, -0.05) is 0 Å². The maximum absolute atomic E-state index is 11.8. The minimum absolute atomic E-state index is 0.312. The van der Waals surface area contributed by atoms with E-state index in [1.165, 1.54) is 6.33 Å². The minimum atomic E-state index is -0.379. The maximum Gasteiger partial charge on any atom is 0.338 e. The highest BCUT2D eigenvalue weighted by Crippen LogP contribution is 2.28. The monoisotopic (exact) mass is 421 g/mol. The Hall–Kier alpha value is -4.14. The Kier molecular flexibility index (Phi) is 7.00. The molecule has 0 aliphatic carbocycles. The van der Waals surface area contributed by atoms with Crippen LogP contribution in [0.25, 0.3) is 0 Å². The fourth-order valence-corrected chi connectivity index (χ4v) is 2.68. The Labute approximate surface area is 179 Å². The highest BCUT2D eigenvalue weighted by Gasteiger charge is 2.11. The Balaban J connectivity index is 1.71. The van der Waals surface area contributed by atoms with Crippen molar-refractivity contribution in [2.75, 3.05) is 29.6 Å². The summed E-state index contributed by atoms with van der Waals surface area (Å²) >= 11 is 0. The van der Waals surface area contributed by atoms with Crippen LogP contribution in [0.1, 0.15) is 34.6 Å². The lowest BCUT2D eigenvalue weighted by Gasteiger charge is -2.13. The molecule has 0 atom stereocenters. The van der Waals surface area contributed by atoms with Crippen LogP contribution in [-0.2, 0) is 9.47 Å². The zero-order valence-corrected chi connectivity index (χ0v) is 17.2. The number of carbonyl (C=O) groups excluding carboxylic acids is 2. The van der Waals surface area contributed by atoms with Gasteiger partial charge in [0.2, 0.25) is 0 Å². The third-order valence-electron chi connectivity index (χ3n) is 4.20. The van der Waals surface area contributed by atoms with Gasteiger partial charge >= 0.3 is 11.9 Å². The number of aromatic nitrogens is 2. The quantitative estimate of drug-likeness (QED) is 0.464. The Bertz CT molecular complexity index is 971. The SMILES string of the molecule is CCOC(=O)c1ccc(Nc2ncnc(Nc3ccc(C(=O)OCC)cc3)c2N)cc1. The Morgan fingerprint density at radius 1 is 0.774 bits per heavy atom. The zero-order valence-electron chi connectivity index (χ0n) is 17.2. The molecule has 0 saturated heterocycles. The van der Waals surface area contributed by atoms with Gasteiger partial charge in [0.05, 0.1) is 24.3 Å². The molecular formula is C22H23N5O4. The number of benzene rings is 2. The smallest absolute Gasteiger partial charge is 0.338 e. The van der Waals surface area contributed by atoms with Gasteiger partial charge in [-0.3, -0.25) is 0 Å². The molecule has 31 heavy (non-hydrogen) atoms. The minimum Gasteiger partial charge on any atom is -0.462 e. The van der Waals surface area contributed by atoms with E-state index in [-0.39, 0.29) is 11.9 Å². The van der Waals surface area contributed by atoms with Crippen LogP contribution in [0, 0.1) is 0 Å². The summed E-state index contributed by atoms with van der Waals surface area (Å²) in [6.07, 6.45) is 1.38. The van der Waals surface area contributed by atoms with E-state index in [9.17, 15) is 9.59 Å². The summed E-state index contributed by atoms with van der Waals surface area (Å²) in [7, 11) is 0. The lowest BCUT2D eigenvalue weighted by atomic mass is 10.2. The number of ether oxygens (including phenoxy) is 2. The van der Waals surface area contributed by atoms with E-state index >= 15 is 0 Å². The molecular weight excluding hydrogens is 398 g/mol. The van der Waals surface area contributed by atoms with Gasteiger partial charge in [-0.2, -0.15) is 0 Å². The number of rotatable bonds is 8. The molecule has 0 radical (unpaired) electrons. The van der Waals surface area contributed by atoms with Crippen molar-refractivity contribution in [3.8, 4) is 0 Å². The van der Waals surface area contributed by atoms with E-state index in [1.54, 1.807) is 62.4 Å². The Morgan fingerprint density at radius 3 is 1.52 bits per heavy atom. The summed E-state index contributed by atoms with van der Waals surface area (Å²) < 4.78 is 9.95. The summed E-state index contributed by atoms with van der Waals surface area (Å²) in [5, 5.41) is 6.21. The van der Waals surface area contributed by atoms with Crippen LogP contribution >= 0.6 is 0 Å². The second kappa shape index (κ2) is 10.1. The number of nitrogens with zero attached hydrogens (tertiary/aromatic N) is 2. The van der Waals surface area contributed by atoms with Crippen molar-refractivity contribution in [2.24, 2.45) is 0 Å². The van der Waals surface area contributed by atoms with Gasteiger partial charge in [-0.15, -0.1) is 0 Å². The van der Waals surface area contributed by atoms with Crippen molar-refractivity contribution < 1.29 is 19.1 Å². The Morgan fingerprint density at radius 2 is 1.16 bits per heavy atom. The molecule has 0 fully saturated rings. The van der Waals surface area contributed by atoms with E-state index < -0.39 is 0 Å². The van der Waals surface area contributed by atoms with Crippen LogP contribution in [0.4, 0.5) is 28.7 Å². The highest BCUT2D eigenvalue weighted by atomic mass is 16.5. The van der Waals surface area contributed by atoms with Crippen LogP contribution < -0.4 is 16.4 Å². The van der Waals surface area contributed by atoms with Crippen LogP contribution in [0.5, 0.6) is 0 Å². The summed E-state index contributed by atoms with van der Waals surface area (Å²) in [5.74, 6) is 0.0566. The van der Waals surface area contributed by atoms with Crippen LogP contribution in [0.2, 0.25) is 0 Å². The second-order valence-corrected chi connectivity index (χ2v) is 6.33. The summed E-state index contributed by atoms with van der Waals surface area (Å²) in [6, 6.07) is 13.5. The van der Waals surface area contributed by atoms with Crippen LogP contribution in [-0.4, -0.2) is 35.1 Å². The van der Waals surface area contributed by atoms with E-state index in [0.717, 1.165) is 0 Å². The summed E-state index contributed by atoms with van der Waals surface area (Å²) in [5.41, 5.74) is 8.83. The molecule has 160 valence electrons. The molecule has 0 unspecified atom stereocenters. The molecule has 0 spiro atoms. The number of hydrogen-bond acceptors (Lipinski definition) is 9. The molecule has 1 aromatic heterocycles. The number of nitrogens with two attached hydrogens (primary N) is 1. The molecule has 3 rings (SSSR count). The van der Waals surface area contributed by atoms with Crippen molar-refractivity contribution in [1.82, 2.24) is 9.97 Å². The van der Waals surface area contributed by atoms with Crippen molar-refractivity contribution in [3.05, 3.63) is 66.0 Å². The van der Waals surface area contributed by atoms with Gasteiger partial charge in [0.1, 0.15) is 12.0 Å². The molecule has 0 aliphatic heterocycles. The molecule has 9 heteroatoms. The molecule has 2 aromatic carbocycles. The van der Waals surface area contributed by atoms with Crippen molar-refractivity contribution in [3.63, 3.8) is 0 Å². The number of nitrogen functional groups attached to an aromatic ring is 1. The number of anilines is 5. The lowest BCUT2D eigenvalue weighted by molar-refractivity contribution is 0.0517. The topological polar surface area (TPSA) is 128 Å². The molecule has 0 saturated carbocycles. The summed E-state index contributed by atoms with van der Waals surface area (Å²) in [4.78, 5) is 31.9. The first kappa shape index (κ1) is 21.6. The first-order valence-electron chi connectivity index (χ1n) is 9.70. The third-order valence-corrected chi connectivity index (χ3v) is 4.20. The van der Waals surface area contributed by atoms with E-state index in [4.69, 9.17) is 15.2 Å². The molecule has 3 aromatic rings. The number of esters is 2. The van der Waals surface area contributed by atoms with Gasteiger partial charge in [0.25, 0.3) is 0 Å². The fourth-order valence-electron chi connectivity index (χ4n) is 2.68. The predicted octanol–water partition coefficient (Wildman–Crippen LogP) is 3.90. The maximum atomic E-state index is 11.8. The van der Waals surface area contributed by atoms with E-state index in [0.29, 0.717) is 53.0 Å². The standard InChI is InChI=1S/C22H23N5O4/c1-3-30-21(28)14-5-9-16(10-6-14)26-19-18(23)20(25-13-24-19)27-17-11-7-15(8-12-17)22(29)31-4-2/h5-13H,3-4,23H2,1-2H3,(H2,24,25,26,27). The van der Waals surface area contributed by atoms with E-state index in [2.05, 4.69) is 20.6 Å². The molecule has 0 amide bonds. The van der Waals surface area contributed by atoms with Crippen molar-refractivity contribution in [1.29, 1.82) is 0 Å². The lowest BCUT2D eigenvalue weighted by Crippen LogP contribution is -2.07. The van der Waals surface area contributed by atoms with Crippen molar-refractivity contribution >= 4 is 40.6 Å². The average molecular weight is 421 g/mol. The molecule has 1 heterocycles. The number of nitrogens with one attached hydrogen (secondary N) is 2. The van der Waals surface area contributed by atoms with E-state index in [1.807, 2.05) is 0 Å². The number of hydrogen-bond donors (Lipinski definition) is 3. The average Bonchev–Trinajstić information content (AvgIpc) is 2.78. The van der Waals surface area contributed by atoms with Crippen LogP contribution in [0.15, 0.2) is 54.9 Å². The van der Waals surface area contributed by atoms with Crippen molar-refractivity contribution in [2.45, 2.75) is 13.8 Å². The zero-order chi connectivity index (χ0) is 22.2. The first-order chi connectivity index (χ1) is 15.0. The second-order valence-electron chi connectivity index (χ2n) is 6.33.